The van der Waals surface area contributed by atoms with Gasteiger partial charge in [-0.3, -0.25) is 4.79 Å². The Hall–Kier alpha value is -2.92. The first-order chi connectivity index (χ1) is 11.0. The van der Waals surface area contributed by atoms with E-state index >= 15 is 0 Å². The van der Waals surface area contributed by atoms with Gasteiger partial charge in [-0.2, -0.15) is 0 Å². The summed E-state index contributed by atoms with van der Waals surface area (Å²) in [4.78, 5) is 23.7. The molecule has 1 amide bonds. The summed E-state index contributed by atoms with van der Waals surface area (Å²) in [6.07, 6.45) is 0. The fourth-order valence-electron chi connectivity index (χ4n) is 2.43. The molecule has 0 spiro atoms. The summed E-state index contributed by atoms with van der Waals surface area (Å²) in [5, 5.41) is 3.57. The molecule has 5 heteroatoms. The average molecular weight is 308 g/mol. The molecule has 0 unspecified atom stereocenters. The topological polar surface area (TPSA) is 85.3 Å². The van der Waals surface area contributed by atoms with E-state index in [1.807, 2.05) is 25.1 Å². The maximum Gasteiger partial charge on any atom is 0.336 e. The van der Waals surface area contributed by atoms with Crippen molar-refractivity contribution in [1.82, 2.24) is 0 Å². The van der Waals surface area contributed by atoms with E-state index in [0.717, 1.165) is 16.5 Å². The van der Waals surface area contributed by atoms with Crippen LogP contribution in [0.5, 0.6) is 0 Å². The van der Waals surface area contributed by atoms with Gasteiger partial charge in [0.15, 0.2) is 0 Å². The molecule has 3 rings (SSSR count). The van der Waals surface area contributed by atoms with Crippen molar-refractivity contribution in [3.05, 3.63) is 76.1 Å². The summed E-state index contributed by atoms with van der Waals surface area (Å²) in [7, 11) is 0. The summed E-state index contributed by atoms with van der Waals surface area (Å²) < 4.78 is 5.17. The van der Waals surface area contributed by atoms with E-state index in [1.165, 1.54) is 6.07 Å². The number of nitrogens with one attached hydrogen (secondary N) is 1. The number of carbonyl (C=O) groups excluding carboxylic acids is 1. The van der Waals surface area contributed by atoms with E-state index in [4.69, 9.17) is 10.2 Å². The lowest BCUT2D eigenvalue weighted by molar-refractivity contribution is -0.117. The Labute approximate surface area is 132 Å². The normalized spacial score (nSPS) is 12.1. The Morgan fingerprint density at radius 3 is 2.61 bits per heavy atom. The van der Waals surface area contributed by atoms with Gasteiger partial charge < -0.3 is 15.5 Å². The lowest BCUT2D eigenvalue weighted by Crippen LogP contribution is -2.27. The Kier molecular flexibility index (Phi) is 3.95. The molecular weight excluding hydrogens is 292 g/mol. The van der Waals surface area contributed by atoms with Crippen molar-refractivity contribution >= 4 is 22.6 Å². The molecule has 0 saturated carbocycles. The van der Waals surface area contributed by atoms with E-state index in [9.17, 15) is 9.59 Å². The number of anilines is 1. The summed E-state index contributed by atoms with van der Waals surface area (Å²) in [6.45, 7) is 1.84. The molecule has 23 heavy (non-hydrogen) atoms. The van der Waals surface area contributed by atoms with Crippen LogP contribution in [0, 0.1) is 6.92 Å². The number of amides is 1. The van der Waals surface area contributed by atoms with Crippen LogP contribution >= 0.6 is 0 Å². The van der Waals surface area contributed by atoms with Crippen LogP contribution in [-0.2, 0) is 4.79 Å². The second kappa shape index (κ2) is 6.06. The van der Waals surface area contributed by atoms with E-state index in [0.29, 0.717) is 11.3 Å². The SMILES string of the molecule is Cc1cc(=O)oc2cc(NC(=O)[C@@H](N)c3ccccc3)ccc12. The van der Waals surface area contributed by atoms with Crippen molar-refractivity contribution in [3.8, 4) is 0 Å². The quantitative estimate of drug-likeness (QED) is 0.729. The summed E-state index contributed by atoms with van der Waals surface area (Å²) in [5.74, 6) is -0.328. The Bertz CT molecular complexity index is 916. The molecule has 3 aromatic rings. The Morgan fingerprint density at radius 1 is 1.13 bits per heavy atom. The van der Waals surface area contributed by atoms with Crippen LogP contribution in [0.4, 0.5) is 5.69 Å². The van der Waals surface area contributed by atoms with Crippen molar-refractivity contribution in [2.24, 2.45) is 5.73 Å². The number of benzene rings is 2. The number of fused-ring (bicyclic) bond motifs is 1. The van der Waals surface area contributed by atoms with Crippen LogP contribution in [0.25, 0.3) is 11.0 Å². The average Bonchev–Trinajstić information content (AvgIpc) is 2.54. The van der Waals surface area contributed by atoms with Crippen molar-refractivity contribution < 1.29 is 9.21 Å². The fraction of sp³-hybridized carbons (Fsp3) is 0.111. The van der Waals surface area contributed by atoms with Crippen LogP contribution in [0.1, 0.15) is 17.2 Å². The van der Waals surface area contributed by atoms with Crippen LogP contribution in [-0.4, -0.2) is 5.91 Å². The molecule has 2 aromatic carbocycles. The molecule has 1 atom stereocenters. The van der Waals surface area contributed by atoms with E-state index in [2.05, 4.69) is 5.32 Å². The van der Waals surface area contributed by atoms with Gasteiger partial charge in [0, 0.05) is 23.2 Å². The highest BCUT2D eigenvalue weighted by Gasteiger charge is 2.16. The third-order valence-electron chi connectivity index (χ3n) is 3.66. The molecule has 0 saturated heterocycles. The molecule has 0 bridgehead atoms. The van der Waals surface area contributed by atoms with Crippen molar-refractivity contribution in [3.63, 3.8) is 0 Å². The molecule has 0 radical (unpaired) electrons. The Morgan fingerprint density at radius 2 is 1.87 bits per heavy atom. The van der Waals surface area contributed by atoms with Gasteiger partial charge in [-0.15, -0.1) is 0 Å². The zero-order chi connectivity index (χ0) is 16.4. The maximum atomic E-state index is 12.3. The second-order valence-electron chi connectivity index (χ2n) is 5.34. The minimum Gasteiger partial charge on any atom is -0.423 e. The largest absolute Gasteiger partial charge is 0.423 e. The molecule has 1 heterocycles. The lowest BCUT2D eigenvalue weighted by Gasteiger charge is -2.13. The van der Waals surface area contributed by atoms with Gasteiger partial charge in [-0.05, 0) is 30.2 Å². The van der Waals surface area contributed by atoms with Crippen molar-refractivity contribution in [2.75, 3.05) is 5.32 Å². The third kappa shape index (κ3) is 3.14. The first-order valence-corrected chi connectivity index (χ1v) is 7.20. The number of hydrogen-bond donors (Lipinski definition) is 2. The van der Waals surface area contributed by atoms with Crippen LogP contribution in [0.2, 0.25) is 0 Å². The molecule has 1 aromatic heterocycles. The zero-order valence-corrected chi connectivity index (χ0v) is 12.6. The molecule has 0 fully saturated rings. The number of carbonyl (C=O) groups is 1. The molecule has 0 aliphatic carbocycles. The van der Waals surface area contributed by atoms with Gasteiger partial charge in [-0.25, -0.2) is 4.79 Å². The van der Waals surface area contributed by atoms with Crippen LogP contribution in [0.3, 0.4) is 0 Å². The fourth-order valence-corrected chi connectivity index (χ4v) is 2.43. The highest BCUT2D eigenvalue weighted by Crippen LogP contribution is 2.21. The smallest absolute Gasteiger partial charge is 0.336 e. The number of nitrogens with two attached hydrogens (primary N) is 1. The number of rotatable bonds is 3. The highest BCUT2D eigenvalue weighted by molar-refractivity contribution is 5.97. The molecule has 3 N–H and O–H groups in total. The molecular formula is C18H16N2O3. The van der Waals surface area contributed by atoms with Crippen molar-refractivity contribution in [2.45, 2.75) is 13.0 Å². The molecule has 5 nitrogen and oxygen atoms in total. The second-order valence-corrected chi connectivity index (χ2v) is 5.34. The van der Waals surface area contributed by atoms with Crippen LogP contribution in [0.15, 0.2) is 63.8 Å². The third-order valence-corrected chi connectivity index (χ3v) is 3.66. The first kappa shape index (κ1) is 15.0. The number of hydrogen-bond acceptors (Lipinski definition) is 4. The predicted octanol–water partition coefficient (Wildman–Crippen LogP) is 2.74. The maximum absolute atomic E-state index is 12.3. The van der Waals surface area contributed by atoms with Gasteiger partial charge in [-0.1, -0.05) is 30.3 Å². The van der Waals surface area contributed by atoms with Gasteiger partial charge in [0.1, 0.15) is 11.6 Å². The van der Waals surface area contributed by atoms with E-state index in [1.54, 1.807) is 30.3 Å². The highest BCUT2D eigenvalue weighted by atomic mass is 16.4. The molecule has 116 valence electrons. The summed E-state index contributed by atoms with van der Waals surface area (Å²) in [6, 6.07) is 15.0. The predicted molar refractivity (Wildman–Crippen MR) is 89.2 cm³/mol. The number of aryl methyl sites for hydroxylation is 1. The van der Waals surface area contributed by atoms with Gasteiger partial charge in [0.05, 0.1) is 0 Å². The van der Waals surface area contributed by atoms with Gasteiger partial charge in [0.2, 0.25) is 5.91 Å². The minimum atomic E-state index is -0.767. The molecule has 0 aliphatic heterocycles. The standard InChI is InChI=1S/C18H16N2O3/c1-11-9-16(21)23-15-10-13(7-8-14(11)15)20-18(22)17(19)12-5-3-2-4-6-12/h2-10,17H,19H2,1H3,(H,20,22)/t17-/m0/s1. The molecule has 0 aliphatic rings. The Balaban J connectivity index is 1.87. The summed E-state index contributed by atoms with van der Waals surface area (Å²) in [5.41, 5.74) is 8.06. The summed E-state index contributed by atoms with van der Waals surface area (Å²) >= 11 is 0. The first-order valence-electron chi connectivity index (χ1n) is 7.20. The van der Waals surface area contributed by atoms with Crippen LogP contribution < -0.4 is 16.7 Å². The van der Waals surface area contributed by atoms with Gasteiger partial charge >= 0.3 is 5.63 Å². The van der Waals surface area contributed by atoms with E-state index < -0.39 is 11.7 Å². The lowest BCUT2D eigenvalue weighted by atomic mass is 10.1. The monoisotopic (exact) mass is 308 g/mol. The zero-order valence-electron chi connectivity index (χ0n) is 12.6. The minimum absolute atomic E-state index is 0.328. The van der Waals surface area contributed by atoms with Gasteiger partial charge in [0.25, 0.3) is 0 Å². The van der Waals surface area contributed by atoms with E-state index in [-0.39, 0.29) is 5.91 Å². The van der Waals surface area contributed by atoms with Crippen molar-refractivity contribution in [1.29, 1.82) is 0 Å².